The Morgan fingerprint density at radius 1 is 1.31 bits per heavy atom. The largest absolute Gasteiger partial charge is 0.299 e. The molecule has 1 aliphatic heterocycles. The van der Waals surface area contributed by atoms with Crippen LogP contribution in [0.25, 0.3) is 0 Å². The molecule has 0 radical (unpaired) electrons. The topological polar surface area (TPSA) is 31.9 Å². The van der Waals surface area contributed by atoms with Crippen molar-refractivity contribution in [3.8, 4) is 0 Å². The summed E-state index contributed by atoms with van der Waals surface area (Å²) < 4.78 is 0. The van der Waals surface area contributed by atoms with Gasteiger partial charge in [0.25, 0.3) is 0 Å². The highest BCUT2D eigenvalue weighted by Gasteiger charge is 2.16. The first-order chi connectivity index (χ1) is 7.72. The molecule has 2 rings (SSSR count). The van der Waals surface area contributed by atoms with Gasteiger partial charge in [-0.1, -0.05) is 27.2 Å². The van der Waals surface area contributed by atoms with E-state index in [9.17, 15) is 0 Å². The Balaban J connectivity index is 0.000000386. The third kappa shape index (κ3) is 3.34. The van der Waals surface area contributed by atoms with Crippen LogP contribution in [0.3, 0.4) is 0 Å². The summed E-state index contributed by atoms with van der Waals surface area (Å²) in [6.45, 7) is 12.0. The van der Waals surface area contributed by atoms with E-state index in [1.807, 2.05) is 0 Å². The van der Waals surface area contributed by atoms with E-state index in [1.54, 1.807) is 0 Å². The van der Waals surface area contributed by atoms with Gasteiger partial charge >= 0.3 is 0 Å². The van der Waals surface area contributed by atoms with Crippen molar-refractivity contribution in [2.75, 3.05) is 13.1 Å². The number of rotatable bonds is 1. The molecule has 1 aliphatic rings. The molecule has 1 aromatic rings. The fraction of sp³-hybridized carbons (Fsp3) is 0.769. The highest BCUT2D eigenvalue weighted by molar-refractivity contribution is 5.25. The molecule has 2 heterocycles. The number of nitrogens with one attached hydrogen (secondary N) is 1. The summed E-state index contributed by atoms with van der Waals surface area (Å²) in [4.78, 5) is 2.48. The van der Waals surface area contributed by atoms with Gasteiger partial charge in [0.1, 0.15) is 0 Å². The highest BCUT2D eigenvalue weighted by atomic mass is 15.2. The zero-order valence-electron chi connectivity index (χ0n) is 11.1. The maximum absolute atomic E-state index is 4.33. The number of aryl methyl sites for hydroxylation is 2. The lowest BCUT2D eigenvalue weighted by molar-refractivity contribution is 0.284. The fourth-order valence-electron chi connectivity index (χ4n) is 1.96. The summed E-state index contributed by atoms with van der Waals surface area (Å²) in [7, 11) is 0. The number of fused-ring (bicyclic) bond motifs is 1. The van der Waals surface area contributed by atoms with Crippen molar-refractivity contribution in [1.82, 2.24) is 15.1 Å². The van der Waals surface area contributed by atoms with Crippen LogP contribution < -0.4 is 0 Å². The van der Waals surface area contributed by atoms with Crippen molar-refractivity contribution in [1.29, 1.82) is 0 Å². The second-order valence-electron chi connectivity index (χ2n) is 4.45. The van der Waals surface area contributed by atoms with E-state index in [0.717, 1.165) is 19.5 Å². The van der Waals surface area contributed by atoms with Crippen LogP contribution in [0.15, 0.2) is 0 Å². The van der Waals surface area contributed by atoms with Crippen LogP contribution in [0.5, 0.6) is 0 Å². The fourth-order valence-corrected chi connectivity index (χ4v) is 1.96. The standard InChI is InChI=1S/C10H17N3.C3H8/c1-3-13-6-4-5-10-9(7-13)8(2)11-12-10;1-3-2/h3-7H2,1-2H3,(H,11,12);3H2,1-2H3. The van der Waals surface area contributed by atoms with E-state index in [1.165, 1.54) is 36.3 Å². The number of hydrogen-bond donors (Lipinski definition) is 1. The Morgan fingerprint density at radius 2 is 2.00 bits per heavy atom. The first kappa shape index (κ1) is 13.2. The molecule has 0 bridgehead atoms. The molecule has 0 saturated heterocycles. The third-order valence-electron chi connectivity index (χ3n) is 2.88. The lowest BCUT2D eigenvalue weighted by Crippen LogP contribution is -2.22. The summed E-state index contributed by atoms with van der Waals surface area (Å²) in [6.07, 6.45) is 3.63. The van der Waals surface area contributed by atoms with Crippen LogP contribution in [0, 0.1) is 6.92 Å². The maximum atomic E-state index is 4.33. The summed E-state index contributed by atoms with van der Waals surface area (Å²) in [5.41, 5.74) is 3.96. The van der Waals surface area contributed by atoms with Crippen molar-refractivity contribution in [3.63, 3.8) is 0 Å². The second kappa shape index (κ2) is 6.69. The van der Waals surface area contributed by atoms with Gasteiger partial charge in [-0.15, -0.1) is 0 Å². The minimum atomic E-state index is 1.08. The molecule has 0 aliphatic carbocycles. The molecule has 0 spiro atoms. The van der Waals surface area contributed by atoms with Crippen molar-refractivity contribution in [2.24, 2.45) is 0 Å². The van der Waals surface area contributed by atoms with Crippen LogP contribution in [0.1, 0.15) is 50.6 Å². The van der Waals surface area contributed by atoms with E-state index >= 15 is 0 Å². The van der Waals surface area contributed by atoms with E-state index in [-0.39, 0.29) is 0 Å². The van der Waals surface area contributed by atoms with Gasteiger partial charge in [0.2, 0.25) is 0 Å². The molecule has 0 amide bonds. The van der Waals surface area contributed by atoms with E-state index in [0.29, 0.717) is 0 Å². The minimum absolute atomic E-state index is 1.08. The Labute approximate surface area is 99.2 Å². The van der Waals surface area contributed by atoms with Gasteiger partial charge in [-0.2, -0.15) is 5.10 Å². The number of hydrogen-bond acceptors (Lipinski definition) is 2. The van der Waals surface area contributed by atoms with E-state index < -0.39 is 0 Å². The second-order valence-corrected chi connectivity index (χ2v) is 4.45. The summed E-state index contributed by atoms with van der Waals surface area (Å²) in [5, 5.41) is 7.41. The molecule has 0 aromatic carbocycles. The number of H-pyrrole nitrogens is 1. The van der Waals surface area contributed by atoms with Crippen LogP contribution in [-0.4, -0.2) is 28.2 Å². The van der Waals surface area contributed by atoms with Crippen molar-refractivity contribution >= 4 is 0 Å². The molecule has 92 valence electrons. The lowest BCUT2D eigenvalue weighted by Gasteiger charge is -2.17. The van der Waals surface area contributed by atoms with Crippen molar-refractivity contribution < 1.29 is 0 Å². The third-order valence-corrected chi connectivity index (χ3v) is 2.88. The van der Waals surface area contributed by atoms with Gasteiger partial charge in [0.05, 0.1) is 5.69 Å². The monoisotopic (exact) mass is 223 g/mol. The molecular formula is C13H25N3. The Morgan fingerprint density at radius 3 is 2.62 bits per heavy atom. The Bertz CT molecular complexity index is 304. The van der Waals surface area contributed by atoms with Gasteiger partial charge in [0.15, 0.2) is 0 Å². The van der Waals surface area contributed by atoms with Crippen LogP contribution in [0.2, 0.25) is 0 Å². The summed E-state index contributed by atoms with van der Waals surface area (Å²) in [6, 6.07) is 0. The Kier molecular flexibility index (Phi) is 5.53. The van der Waals surface area contributed by atoms with E-state index in [2.05, 4.69) is 42.8 Å². The number of aromatic amines is 1. The van der Waals surface area contributed by atoms with Crippen LogP contribution >= 0.6 is 0 Å². The summed E-state index contributed by atoms with van der Waals surface area (Å²) in [5.74, 6) is 0. The molecule has 0 saturated carbocycles. The van der Waals surface area contributed by atoms with E-state index in [4.69, 9.17) is 0 Å². The zero-order chi connectivity index (χ0) is 12.0. The molecule has 1 aromatic heterocycles. The molecule has 16 heavy (non-hydrogen) atoms. The molecule has 0 fully saturated rings. The molecule has 0 atom stereocenters. The summed E-state index contributed by atoms with van der Waals surface area (Å²) >= 11 is 0. The predicted octanol–water partition coefficient (Wildman–Crippen LogP) is 2.90. The van der Waals surface area contributed by atoms with Gasteiger partial charge in [-0.25, -0.2) is 0 Å². The van der Waals surface area contributed by atoms with Gasteiger partial charge in [0, 0.05) is 17.8 Å². The van der Waals surface area contributed by atoms with Crippen LogP contribution in [0.4, 0.5) is 0 Å². The molecular weight excluding hydrogens is 198 g/mol. The van der Waals surface area contributed by atoms with Crippen LogP contribution in [-0.2, 0) is 13.0 Å². The predicted molar refractivity (Wildman–Crippen MR) is 68.6 cm³/mol. The van der Waals surface area contributed by atoms with Crippen molar-refractivity contribution in [3.05, 3.63) is 17.0 Å². The average Bonchev–Trinajstić information content (AvgIpc) is 2.53. The number of nitrogens with zero attached hydrogens (tertiary/aromatic N) is 2. The molecule has 0 unspecified atom stereocenters. The normalized spacial score (nSPS) is 16.0. The van der Waals surface area contributed by atoms with Gasteiger partial charge in [-0.05, 0) is 32.9 Å². The zero-order valence-corrected chi connectivity index (χ0v) is 11.1. The number of aromatic nitrogens is 2. The Hall–Kier alpha value is -0.830. The molecule has 3 heteroatoms. The molecule has 1 N–H and O–H groups in total. The van der Waals surface area contributed by atoms with Gasteiger partial charge in [-0.3, -0.25) is 10.00 Å². The SMILES string of the molecule is CCC.CCN1CCCc2n[nH]c(C)c2C1. The first-order valence-electron chi connectivity index (χ1n) is 6.47. The van der Waals surface area contributed by atoms with Gasteiger partial charge < -0.3 is 0 Å². The highest BCUT2D eigenvalue weighted by Crippen LogP contribution is 2.18. The van der Waals surface area contributed by atoms with Crippen molar-refractivity contribution in [2.45, 2.75) is 53.5 Å². The smallest absolute Gasteiger partial charge is 0.0670 e. The molecule has 3 nitrogen and oxygen atoms in total. The first-order valence-corrected chi connectivity index (χ1v) is 6.47. The maximum Gasteiger partial charge on any atom is 0.0670 e. The quantitative estimate of drug-likeness (QED) is 0.794. The minimum Gasteiger partial charge on any atom is -0.299 e. The average molecular weight is 223 g/mol. The lowest BCUT2D eigenvalue weighted by atomic mass is 10.1.